The number of hydrogen-bond donors (Lipinski definition) is 1. The van der Waals surface area contributed by atoms with Gasteiger partial charge < -0.3 is 10.6 Å². The molecule has 2 aromatic rings. The van der Waals surface area contributed by atoms with Gasteiger partial charge in [0.2, 0.25) is 0 Å². The van der Waals surface area contributed by atoms with Gasteiger partial charge in [0.25, 0.3) is 0 Å². The van der Waals surface area contributed by atoms with Crippen LogP contribution in [0.3, 0.4) is 0 Å². The Morgan fingerprint density at radius 2 is 2.11 bits per heavy atom. The Balaban J connectivity index is 1.95. The SMILES string of the molecule is Cc1nnc2ccc(C3CC(N)CN(C)C3)nn12. The number of aromatic nitrogens is 4. The first kappa shape index (κ1) is 11.6. The summed E-state index contributed by atoms with van der Waals surface area (Å²) in [6.45, 7) is 3.88. The van der Waals surface area contributed by atoms with Crippen molar-refractivity contribution < 1.29 is 0 Å². The van der Waals surface area contributed by atoms with Gasteiger partial charge in [0, 0.05) is 25.0 Å². The predicted octanol–water partition coefficient (Wildman–Crippen LogP) is 0.179. The number of nitrogens with two attached hydrogens (primary N) is 1. The van der Waals surface area contributed by atoms with Crippen LogP contribution in [0, 0.1) is 6.92 Å². The molecule has 0 aromatic carbocycles. The van der Waals surface area contributed by atoms with Crippen LogP contribution in [0.15, 0.2) is 12.1 Å². The smallest absolute Gasteiger partial charge is 0.177 e. The average Bonchev–Trinajstić information content (AvgIpc) is 2.69. The fraction of sp³-hybridized carbons (Fsp3) is 0.583. The molecule has 0 aliphatic carbocycles. The molecule has 3 heterocycles. The van der Waals surface area contributed by atoms with Gasteiger partial charge in [-0.25, -0.2) is 0 Å². The lowest BCUT2D eigenvalue weighted by Crippen LogP contribution is -2.44. The van der Waals surface area contributed by atoms with E-state index in [9.17, 15) is 0 Å². The third-order valence-corrected chi connectivity index (χ3v) is 3.52. The monoisotopic (exact) mass is 246 g/mol. The van der Waals surface area contributed by atoms with Crippen molar-refractivity contribution in [2.24, 2.45) is 5.73 Å². The highest BCUT2D eigenvalue weighted by atomic mass is 15.4. The highest BCUT2D eigenvalue weighted by molar-refractivity contribution is 5.36. The van der Waals surface area contributed by atoms with E-state index in [0.717, 1.165) is 36.7 Å². The molecule has 2 N–H and O–H groups in total. The highest BCUT2D eigenvalue weighted by Gasteiger charge is 2.25. The lowest BCUT2D eigenvalue weighted by Gasteiger charge is -2.33. The quantitative estimate of drug-likeness (QED) is 0.777. The van der Waals surface area contributed by atoms with Crippen molar-refractivity contribution in [3.05, 3.63) is 23.7 Å². The van der Waals surface area contributed by atoms with E-state index in [1.807, 2.05) is 19.1 Å². The van der Waals surface area contributed by atoms with Crippen LogP contribution in [0.4, 0.5) is 0 Å². The summed E-state index contributed by atoms with van der Waals surface area (Å²) >= 11 is 0. The fourth-order valence-corrected chi connectivity index (χ4v) is 2.71. The number of rotatable bonds is 1. The van der Waals surface area contributed by atoms with E-state index >= 15 is 0 Å². The minimum Gasteiger partial charge on any atom is -0.327 e. The summed E-state index contributed by atoms with van der Waals surface area (Å²) in [5.74, 6) is 1.21. The largest absolute Gasteiger partial charge is 0.327 e. The second-order valence-corrected chi connectivity index (χ2v) is 5.19. The van der Waals surface area contributed by atoms with Gasteiger partial charge in [0.05, 0.1) is 5.69 Å². The van der Waals surface area contributed by atoms with E-state index in [1.165, 1.54) is 0 Å². The third-order valence-electron chi connectivity index (χ3n) is 3.52. The second-order valence-electron chi connectivity index (χ2n) is 5.19. The Kier molecular flexibility index (Phi) is 2.76. The third kappa shape index (κ3) is 1.97. The predicted molar refractivity (Wildman–Crippen MR) is 68.3 cm³/mol. The lowest BCUT2D eigenvalue weighted by molar-refractivity contribution is 0.224. The zero-order valence-corrected chi connectivity index (χ0v) is 10.7. The molecule has 2 unspecified atom stereocenters. The molecular formula is C12H18N6. The van der Waals surface area contributed by atoms with Crippen molar-refractivity contribution in [1.82, 2.24) is 24.7 Å². The lowest BCUT2D eigenvalue weighted by atomic mass is 9.92. The molecule has 0 bridgehead atoms. The van der Waals surface area contributed by atoms with Gasteiger partial charge in [-0.05, 0) is 32.5 Å². The number of likely N-dealkylation sites (tertiary alicyclic amines) is 1. The highest BCUT2D eigenvalue weighted by Crippen LogP contribution is 2.24. The molecule has 18 heavy (non-hydrogen) atoms. The molecule has 0 spiro atoms. The van der Waals surface area contributed by atoms with E-state index in [4.69, 9.17) is 5.73 Å². The zero-order chi connectivity index (χ0) is 12.7. The summed E-state index contributed by atoms with van der Waals surface area (Å²) in [7, 11) is 2.11. The molecule has 6 heteroatoms. The summed E-state index contributed by atoms with van der Waals surface area (Å²) in [5, 5.41) is 12.7. The Hall–Kier alpha value is -1.53. The summed E-state index contributed by atoms with van der Waals surface area (Å²) in [6, 6.07) is 4.25. The van der Waals surface area contributed by atoms with E-state index in [1.54, 1.807) is 4.52 Å². The molecule has 2 aromatic heterocycles. The number of piperidine rings is 1. The first-order valence-corrected chi connectivity index (χ1v) is 6.26. The van der Waals surface area contributed by atoms with Gasteiger partial charge in [0.1, 0.15) is 0 Å². The first-order valence-electron chi connectivity index (χ1n) is 6.26. The molecule has 96 valence electrons. The average molecular weight is 246 g/mol. The molecule has 0 amide bonds. The van der Waals surface area contributed by atoms with Crippen molar-refractivity contribution in [2.45, 2.75) is 25.3 Å². The van der Waals surface area contributed by atoms with Crippen LogP contribution in [0.2, 0.25) is 0 Å². The van der Waals surface area contributed by atoms with Gasteiger partial charge >= 0.3 is 0 Å². The zero-order valence-electron chi connectivity index (χ0n) is 10.7. The van der Waals surface area contributed by atoms with Gasteiger partial charge in [-0.1, -0.05) is 0 Å². The van der Waals surface area contributed by atoms with E-state index in [0.29, 0.717) is 5.92 Å². The number of hydrogen-bond acceptors (Lipinski definition) is 5. The molecule has 0 saturated carbocycles. The fourth-order valence-electron chi connectivity index (χ4n) is 2.71. The topological polar surface area (TPSA) is 72.3 Å². The van der Waals surface area contributed by atoms with Crippen LogP contribution in [-0.2, 0) is 0 Å². The minimum atomic E-state index is 0.230. The van der Waals surface area contributed by atoms with Gasteiger partial charge in [-0.15, -0.1) is 10.2 Å². The maximum Gasteiger partial charge on any atom is 0.177 e. The number of likely N-dealkylation sites (N-methyl/N-ethyl adjacent to an activating group) is 1. The van der Waals surface area contributed by atoms with Gasteiger partial charge in [0.15, 0.2) is 11.5 Å². The van der Waals surface area contributed by atoms with Crippen molar-refractivity contribution >= 4 is 5.65 Å². The summed E-state index contributed by atoms with van der Waals surface area (Å²) in [6.07, 6.45) is 0.990. The Morgan fingerprint density at radius 1 is 1.28 bits per heavy atom. The van der Waals surface area contributed by atoms with Crippen molar-refractivity contribution in [2.75, 3.05) is 20.1 Å². The van der Waals surface area contributed by atoms with E-state index < -0.39 is 0 Å². The van der Waals surface area contributed by atoms with E-state index in [-0.39, 0.29) is 6.04 Å². The number of nitrogens with zero attached hydrogens (tertiary/aromatic N) is 5. The Labute approximate surface area is 106 Å². The Bertz CT molecular complexity index is 553. The number of aryl methyl sites for hydroxylation is 1. The Morgan fingerprint density at radius 3 is 2.89 bits per heavy atom. The summed E-state index contributed by atoms with van der Waals surface area (Å²) in [5.41, 5.74) is 7.95. The molecule has 1 saturated heterocycles. The van der Waals surface area contributed by atoms with Crippen LogP contribution in [0.25, 0.3) is 5.65 Å². The van der Waals surface area contributed by atoms with Crippen LogP contribution in [0.5, 0.6) is 0 Å². The normalized spacial score (nSPS) is 25.7. The van der Waals surface area contributed by atoms with Gasteiger partial charge in [-0.3, -0.25) is 0 Å². The van der Waals surface area contributed by atoms with Crippen LogP contribution < -0.4 is 5.73 Å². The molecule has 1 fully saturated rings. The van der Waals surface area contributed by atoms with Crippen LogP contribution in [0.1, 0.15) is 23.9 Å². The van der Waals surface area contributed by atoms with Crippen molar-refractivity contribution in [1.29, 1.82) is 0 Å². The molecule has 6 nitrogen and oxygen atoms in total. The molecule has 0 radical (unpaired) electrons. The van der Waals surface area contributed by atoms with E-state index in [2.05, 4.69) is 27.2 Å². The van der Waals surface area contributed by atoms with Crippen molar-refractivity contribution in [3.8, 4) is 0 Å². The van der Waals surface area contributed by atoms with Crippen molar-refractivity contribution in [3.63, 3.8) is 0 Å². The van der Waals surface area contributed by atoms with Gasteiger partial charge in [-0.2, -0.15) is 9.61 Å². The maximum atomic E-state index is 6.07. The van der Waals surface area contributed by atoms with Crippen LogP contribution >= 0.6 is 0 Å². The minimum absolute atomic E-state index is 0.230. The summed E-state index contributed by atoms with van der Waals surface area (Å²) in [4.78, 5) is 2.27. The van der Waals surface area contributed by atoms with Crippen LogP contribution in [-0.4, -0.2) is 50.9 Å². The summed E-state index contributed by atoms with van der Waals surface area (Å²) < 4.78 is 1.80. The standard InChI is InChI=1S/C12H18N6/c1-8-14-15-12-4-3-11(16-18(8)12)9-5-10(13)7-17(2)6-9/h3-4,9-10H,5-7,13H2,1-2H3. The molecular weight excluding hydrogens is 228 g/mol. The molecule has 3 rings (SSSR count). The molecule has 1 aliphatic heterocycles. The second kappa shape index (κ2) is 4.29. The number of fused-ring (bicyclic) bond motifs is 1. The molecule has 1 aliphatic rings. The first-order chi connectivity index (χ1) is 8.63. The maximum absolute atomic E-state index is 6.07. The molecule has 2 atom stereocenters.